The molecule has 0 radical (unpaired) electrons. The Morgan fingerprint density at radius 3 is 2.37 bits per heavy atom. The van der Waals surface area contributed by atoms with Crippen LogP contribution >= 0.6 is 0 Å². The van der Waals surface area contributed by atoms with Gasteiger partial charge in [-0.2, -0.15) is 0 Å². The van der Waals surface area contributed by atoms with Crippen LogP contribution in [0.4, 0.5) is 10.5 Å². The third-order valence-electron chi connectivity index (χ3n) is 5.29. The first-order valence-corrected chi connectivity index (χ1v) is 9.80. The average Bonchev–Trinajstić information content (AvgIpc) is 2.71. The van der Waals surface area contributed by atoms with E-state index < -0.39 is 0 Å². The van der Waals surface area contributed by atoms with Gasteiger partial charge in [0.1, 0.15) is 0 Å². The van der Waals surface area contributed by atoms with Crippen LogP contribution in [0.25, 0.3) is 0 Å². The molecule has 2 aliphatic heterocycles. The molecule has 2 aliphatic rings. The predicted octanol–water partition coefficient (Wildman–Crippen LogP) is 1.99. The third-order valence-corrected chi connectivity index (χ3v) is 5.29. The molecule has 3 rings (SSSR count). The molecule has 2 saturated heterocycles. The normalized spacial score (nSPS) is 18.4. The van der Waals surface area contributed by atoms with Crippen LogP contribution in [0.3, 0.4) is 0 Å². The molecular weight excluding hydrogens is 344 g/mol. The molecule has 3 amide bonds. The predicted molar refractivity (Wildman–Crippen MR) is 105 cm³/mol. The summed E-state index contributed by atoms with van der Waals surface area (Å²) in [6.45, 7) is 5.43. The topological polar surface area (TPSA) is 65.1 Å². The zero-order valence-electron chi connectivity index (χ0n) is 16.2. The summed E-state index contributed by atoms with van der Waals surface area (Å²) in [6, 6.07) is 7.57. The van der Waals surface area contributed by atoms with E-state index in [1.807, 2.05) is 34.1 Å². The molecule has 1 aromatic rings. The third kappa shape index (κ3) is 5.43. The maximum Gasteiger partial charge on any atom is 0.321 e. The maximum absolute atomic E-state index is 12.6. The summed E-state index contributed by atoms with van der Waals surface area (Å²) >= 11 is 0. The second kappa shape index (κ2) is 9.71. The van der Waals surface area contributed by atoms with Gasteiger partial charge in [0.2, 0.25) is 5.91 Å². The summed E-state index contributed by atoms with van der Waals surface area (Å²) in [5.74, 6) is 0.223. The van der Waals surface area contributed by atoms with Crippen molar-refractivity contribution in [2.75, 3.05) is 58.2 Å². The zero-order chi connectivity index (χ0) is 19.1. The van der Waals surface area contributed by atoms with Crippen molar-refractivity contribution in [3.8, 4) is 0 Å². The minimum Gasteiger partial charge on any atom is -0.380 e. The quantitative estimate of drug-likeness (QED) is 0.856. The van der Waals surface area contributed by atoms with Gasteiger partial charge in [0.15, 0.2) is 0 Å². The number of nitrogens with one attached hydrogen (secondary N) is 1. The number of carbonyl (C=O) groups is 2. The molecule has 148 valence electrons. The molecular formula is C20H30N4O3. The highest BCUT2D eigenvalue weighted by atomic mass is 16.5. The number of nitrogens with zero attached hydrogens (tertiary/aromatic N) is 3. The van der Waals surface area contributed by atoms with E-state index in [2.05, 4.69) is 10.2 Å². The fraction of sp³-hybridized carbons (Fsp3) is 0.600. The summed E-state index contributed by atoms with van der Waals surface area (Å²) in [4.78, 5) is 30.9. The lowest BCUT2D eigenvalue weighted by atomic mass is 10.1. The van der Waals surface area contributed by atoms with Gasteiger partial charge in [-0.3, -0.25) is 9.69 Å². The van der Waals surface area contributed by atoms with Crippen molar-refractivity contribution in [2.45, 2.75) is 25.9 Å². The summed E-state index contributed by atoms with van der Waals surface area (Å²) in [6.07, 6.45) is 3.46. The van der Waals surface area contributed by atoms with E-state index in [1.54, 1.807) is 7.11 Å². The number of urea groups is 1. The molecule has 0 atom stereocenters. The van der Waals surface area contributed by atoms with Crippen molar-refractivity contribution in [3.05, 3.63) is 29.8 Å². The van der Waals surface area contributed by atoms with Crippen molar-refractivity contribution >= 4 is 17.6 Å². The van der Waals surface area contributed by atoms with Crippen molar-refractivity contribution in [3.63, 3.8) is 0 Å². The Labute approximate surface area is 161 Å². The van der Waals surface area contributed by atoms with Gasteiger partial charge in [0, 0.05) is 57.6 Å². The lowest BCUT2D eigenvalue weighted by Crippen LogP contribution is -2.52. The van der Waals surface area contributed by atoms with Crippen molar-refractivity contribution < 1.29 is 14.3 Å². The minimum absolute atomic E-state index is 0.0967. The number of likely N-dealkylation sites (tertiary alicyclic amines) is 1. The summed E-state index contributed by atoms with van der Waals surface area (Å²) in [5.41, 5.74) is 1.74. The van der Waals surface area contributed by atoms with Gasteiger partial charge in [-0.05, 0) is 25.3 Å². The largest absolute Gasteiger partial charge is 0.380 e. The van der Waals surface area contributed by atoms with E-state index in [0.717, 1.165) is 50.3 Å². The zero-order valence-corrected chi connectivity index (χ0v) is 16.2. The number of benzene rings is 1. The molecule has 2 heterocycles. The first kappa shape index (κ1) is 19.6. The van der Waals surface area contributed by atoms with E-state index in [9.17, 15) is 9.59 Å². The summed E-state index contributed by atoms with van der Waals surface area (Å²) in [5, 5.41) is 2.99. The van der Waals surface area contributed by atoms with Crippen LogP contribution in [0.5, 0.6) is 0 Å². The van der Waals surface area contributed by atoms with Gasteiger partial charge >= 0.3 is 6.03 Å². The number of para-hydroxylation sites is 1. The van der Waals surface area contributed by atoms with Crippen molar-refractivity contribution in [1.82, 2.24) is 14.7 Å². The van der Waals surface area contributed by atoms with Crippen molar-refractivity contribution in [2.24, 2.45) is 0 Å². The Balaban J connectivity index is 1.46. The Hall–Kier alpha value is -2.12. The van der Waals surface area contributed by atoms with Crippen LogP contribution in [0.2, 0.25) is 0 Å². The Morgan fingerprint density at radius 1 is 0.963 bits per heavy atom. The lowest BCUT2D eigenvalue weighted by molar-refractivity contribution is -0.133. The molecule has 0 spiro atoms. The minimum atomic E-state index is -0.0967. The van der Waals surface area contributed by atoms with E-state index in [1.165, 1.54) is 6.42 Å². The molecule has 0 bridgehead atoms. The first-order chi connectivity index (χ1) is 13.2. The summed E-state index contributed by atoms with van der Waals surface area (Å²) in [7, 11) is 1.64. The average molecular weight is 374 g/mol. The molecule has 7 nitrogen and oxygen atoms in total. The smallest absolute Gasteiger partial charge is 0.321 e. The van der Waals surface area contributed by atoms with Gasteiger partial charge < -0.3 is 19.9 Å². The number of anilines is 1. The fourth-order valence-electron chi connectivity index (χ4n) is 3.66. The SMILES string of the molecule is COCc1ccccc1NC(=O)N1CCN(CC(=O)N2CCCCC2)CC1. The highest BCUT2D eigenvalue weighted by Gasteiger charge is 2.25. The molecule has 0 aliphatic carbocycles. The number of methoxy groups -OCH3 is 1. The number of carbonyl (C=O) groups excluding carboxylic acids is 2. The molecule has 0 saturated carbocycles. The fourth-order valence-corrected chi connectivity index (χ4v) is 3.66. The lowest BCUT2D eigenvalue weighted by Gasteiger charge is -2.36. The highest BCUT2D eigenvalue weighted by Crippen LogP contribution is 2.17. The molecule has 2 fully saturated rings. The van der Waals surface area contributed by atoms with Gasteiger partial charge in [0.25, 0.3) is 0 Å². The van der Waals surface area contributed by atoms with E-state index >= 15 is 0 Å². The second-order valence-electron chi connectivity index (χ2n) is 7.22. The van der Waals surface area contributed by atoms with Crippen molar-refractivity contribution in [1.29, 1.82) is 0 Å². The number of hydrogen-bond donors (Lipinski definition) is 1. The number of piperazine rings is 1. The number of piperidine rings is 1. The molecule has 7 heteroatoms. The van der Waals surface area contributed by atoms with Crippen LogP contribution in [0.15, 0.2) is 24.3 Å². The molecule has 0 aromatic heterocycles. The standard InChI is InChI=1S/C20H30N4O3/c1-27-16-17-7-3-4-8-18(17)21-20(26)24-13-11-22(12-14-24)15-19(25)23-9-5-2-6-10-23/h3-4,7-8H,2,5-6,9-16H2,1H3,(H,21,26). The maximum atomic E-state index is 12.6. The van der Waals surface area contributed by atoms with Crippen LogP contribution < -0.4 is 5.32 Å². The number of amides is 3. The summed E-state index contributed by atoms with van der Waals surface area (Å²) < 4.78 is 5.19. The number of hydrogen-bond acceptors (Lipinski definition) is 4. The monoisotopic (exact) mass is 374 g/mol. The number of rotatable bonds is 5. The van der Waals surface area contributed by atoms with Crippen LogP contribution in [0, 0.1) is 0 Å². The Morgan fingerprint density at radius 2 is 1.67 bits per heavy atom. The van der Waals surface area contributed by atoms with E-state index in [0.29, 0.717) is 26.2 Å². The van der Waals surface area contributed by atoms with Gasteiger partial charge in [-0.1, -0.05) is 18.2 Å². The van der Waals surface area contributed by atoms with Crippen LogP contribution in [-0.2, 0) is 16.1 Å². The molecule has 27 heavy (non-hydrogen) atoms. The van der Waals surface area contributed by atoms with Crippen LogP contribution in [0.1, 0.15) is 24.8 Å². The van der Waals surface area contributed by atoms with E-state index in [-0.39, 0.29) is 11.9 Å². The molecule has 1 aromatic carbocycles. The van der Waals surface area contributed by atoms with E-state index in [4.69, 9.17) is 4.74 Å². The van der Waals surface area contributed by atoms with Gasteiger partial charge in [-0.25, -0.2) is 4.79 Å². The molecule has 0 unspecified atom stereocenters. The Bertz CT molecular complexity index is 638. The molecule has 1 N–H and O–H groups in total. The second-order valence-corrected chi connectivity index (χ2v) is 7.22. The number of ether oxygens (including phenoxy) is 1. The van der Waals surface area contributed by atoms with Gasteiger partial charge in [-0.15, -0.1) is 0 Å². The van der Waals surface area contributed by atoms with Gasteiger partial charge in [0.05, 0.1) is 13.2 Å². The first-order valence-electron chi connectivity index (χ1n) is 9.80. The highest BCUT2D eigenvalue weighted by molar-refractivity contribution is 5.90. The Kier molecular flexibility index (Phi) is 7.06. The van der Waals surface area contributed by atoms with Crippen LogP contribution in [-0.4, -0.2) is 79.6 Å².